The monoisotopic (exact) mass is 422 g/mol. The Morgan fingerprint density at radius 2 is 1.82 bits per heavy atom. The minimum absolute atomic E-state index is 0.00479. The minimum Gasteiger partial charge on any atom is -0.357 e. The number of benzene rings is 1. The Balaban J connectivity index is 1.77. The lowest BCUT2D eigenvalue weighted by molar-refractivity contribution is 0.0988. The molecular weight excluding hydrogens is 400 g/mol. The van der Waals surface area contributed by atoms with E-state index in [0.29, 0.717) is 17.4 Å². The van der Waals surface area contributed by atoms with Gasteiger partial charge in [-0.25, -0.2) is 23.5 Å². The van der Waals surface area contributed by atoms with Crippen molar-refractivity contribution in [1.29, 1.82) is 0 Å². The van der Waals surface area contributed by atoms with Crippen LogP contribution in [0.1, 0.15) is 48.2 Å². The van der Waals surface area contributed by atoms with E-state index in [4.69, 9.17) is 16.7 Å². The van der Waals surface area contributed by atoms with Gasteiger partial charge in [0.05, 0.1) is 4.90 Å². The second-order valence-corrected chi connectivity index (χ2v) is 8.97. The molecule has 1 fully saturated rings. The molecule has 0 bridgehead atoms. The molecule has 1 aromatic carbocycles. The van der Waals surface area contributed by atoms with Crippen LogP contribution in [0.3, 0.4) is 0 Å². The van der Waals surface area contributed by atoms with Gasteiger partial charge in [0, 0.05) is 25.6 Å². The first-order valence-electron chi connectivity index (χ1n) is 9.16. The molecule has 150 valence electrons. The molecule has 3 rings (SSSR count). The molecule has 7 nitrogen and oxygen atoms in total. The van der Waals surface area contributed by atoms with E-state index in [2.05, 4.69) is 14.9 Å². The fourth-order valence-corrected chi connectivity index (χ4v) is 4.15. The number of ketones is 1. The number of primary sulfonamides is 1. The van der Waals surface area contributed by atoms with Crippen LogP contribution in [-0.2, 0) is 16.4 Å². The Morgan fingerprint density at radius 3 is 2.43 bits per heavy atom. The average Bonchev–Trinajstić information content (AvgIpc) is 2.67. The number of hydrogen-bond donors (Lipinski definition) is 1. The van der Waals surface area contributed by atoms with Crippen molar-refractivity contribution in [3.8, 4) is 0 Å². The first-order chi connectivity index (χ1) is 13.2. The molecule has 0 radical (unpaired) electrons. The maximum Gasteiger partial charge on any atom is 0.238 e. The van der Waals surface area contributed by atoms with Crippen LogP contribution in [0.5, 0.6) is 0 Å². The number of nitrogens with zero attached hydrogens (tertiary/aromatic N) is 3. The van der Waals surface area contributed by atoms with E-state index in [9.17, 15) is 13.2 Å². The number of carbonyl (C=O) groups is 1. The molecule has 2 N–H and O–H groups in total. The summed E-state index contributed by atoms with van der Waals surface area (Å²) in [6, 6.07) is 7.95. The van der Waals surface area contributed by atoms with E-state index in [1.54, 1.807) is 18.2 Å². The van der Waals surface area contributed by atoms with E-state index in [0.717, 1.165) is 12.8 Å². The minimum atomic E-state index is -3.76. The molecule has 1 aliphatic carbocycles. The van der Waals surface area contributed by atoms with Crippen molar-refractivity contribution in [3.63, 3.8) is 0 Å². The molecule has 1 saturated carbocycles. The maximum atomic E-state index is 12.7. The zero-order valence-electron chi connectivity index (χ0n) is 15.6. The number of halogens is 1. The predicted octanol–water partition coefficient (Wildman–Crippen LogP) is 2.97. The predicted molar refractivity (Wildman–Crippen MR) is 108 cm³/mol. The van der Waals surface area contributed by atoms with Crippen LogP contribution in [0.2, 0.25) is 5.28 Å². The number of Topliss-reactive ketones (excluding diaryl/α,β-unsaturated/α-hetero) is 1. The number of sulfonamides is 1. The SMILES string of the molecule is CN(c1cc(C(=O)Cc2ccc(S(N)(=O)=O)cc2)nc(Cl)n1)C1CCCCC1. The number of rotatable bonds is 6. The third-order valence-corrected chi connectivity index (χ3v) is 6.17. The van der Waals surface area contributed by atoms with E-state index < -0.39 is 10.0 Å². The summed E-state index contributed by atoms with van der Waals surface area (Å²) in [5.74, 6) is 0.422. The number of nitrogens with two attached hydrogens (primary N) is 1. The standard InChI is InChI=1S/C19H23ClN4O3S/c1-24(14-5-3-2-4-6-14)18-12-16(22-19(20)23-18)17(25)11-13-7-9-15(10-8-13)28(21,26)27/h7-10,12,14H,2-6,11H2,1H3,(H2,21,26,27). The van der Waals surface area contributed by atoms with Crippen LogP contribution in [-0.4, -0.2) is 37.3 Å². The molecule has 2 aromatic rings. The van der Waals surface area contributed by atoms with E-state index in [1.807, 2.05) is 7.05 Å². The van der Waals surface area contributed by atoms with Gasteiger partial charge in [0.15, 0.2) is 5.78 Å². The fraction of sp³-hybridized carbons (Fsp3) is 0.421. The quantitative estimate of drug-likeness (QED) is 0.566. The van der Waals surface area contributed by atoms with Gasteiger partial charge in [-0.3, -0.25) is 4.79 Å². The van der Waals surface area contributed by atoms with Crippen molar-refractivity contribution in [3.05, 3.63) is 46.9 Å². The molecule has 0 spiro atoms. The second kappa shape index (κ2) is 8.55. The van der Waals surface area contributed by atoms with Gasteiger partial charge in [-0.15, -0.1) is 0 Å². The second-order valence-electron chi connectivity index (χ2n) is 7.07. The van der Waals surface area contributed by atoms with Crippen molar-refractivity contribution in [2.24, 2.45) is 5.14 Å². The maximum absolute atomic E-state index is 12.7. The van der Waals surface area contributed by atoms with Crippen molar-refractivity contribution in [2.75, 3.05) is 11.9 Å². The fourth-order valence-electron chi connectivity index (χ4n) is 3.46. The summed E-state index contributed by atoms with van der Waals surface area (Å²) in [4.78, 5) is 23.1. The number of anilines is 1. The van der Waals surface area contributed by atoms with Crippen LogP contribution in [0.4, 0.5) is 5.82 Å². The van der Waals surface area contributed by atoms with Crippen molar-refractivity contribution in [2.45, 2.75) is 49.5 Å². The lowest BCUT2D eigenvalue weighted by Gasteiger charge is -2.32. The van der Waals surface area contributed by atoms with Gasteiger partial charge in [-0.2, -0.15) is 0 Å². The highest BCUT2D eigenvalue weighted by molar-refractivity contribution is 7.89. The Labute approximate surface area is 170 Å². The largest absolute Gasteiger partial charge is 0.357 e. The molecule has 0 aliphatic heterocycles. The van der Waals surface area contributed by atoms with Gasteiger partial charge in [-0.1, -0.05) is 31.4 Å². The summed E-state index contributed by atoms with van der Waals surface area (Å²) in [5, 5.41) is 5.13. The number of hydrogen-bond acceptors (Lipinski definition) is 6. The smallest absolute Gasteiger partial charge is 0.238 e. The van der Waals surface area contributed by atoms with Gasteiger partial charge in [0.2, 0.25) is 15.3 Å². The summed E-state index contributed by atoms with van der Waals surface area (Å²) in [6.07, 6.45) is 5.89. The van der Waals surface area contributed by atoms with Gasteiger partial charge in [-0.05, 0) is 42.1 Å². The van der Waals surface area contributed by atoms with Crippen LogP contribution >= 0.6 is 11.6 Å². The van der Waals surface area contributed by atoms with Gasteiger partial charge >= 0.3 is 0 Å². The molecule has 0 atom stereocenters. The summed E-state index contributed by atoms with van der Waals surface area (Å²) in [5.41, 5.74) is 0.905. The van der Waals surface area contributed by atoms with Crippen LogP contribution < -0.4 is 10.0 Å². The Kier molecular flexibility index (Phi) is 6.32. The highest BCUT2D eigenvalue weighted by atomic mass is 35.5. The van der Waals surface area contributed by atoms with Gasteiger partial charge < -0.3 is 4.90 Å². The topological polar surface area (TPSA) is 106 Å². The lowest BCUT2D eigenvalue weighted by atomic mass is 9.94. The van der Waals surface area contributed by atoms with Crippen LogP contribution in [0, 0.1) is 0 Å². The third kappa shape index (κ3) is 5.06. The molecule has 0 amide bonds. The lowest BCUT2D eigenvalue weighted by Crippen LogP contribution is -2.34. The number of carbonyl (C=O) groups excluding carboxylic acids is 1. The zero-order chi connectivity index (χ0) is 20.3. The van der Waals surface area contributed by atoms with Crippen LogP contribution in [0.25, 0.3) is 0 Å². The van der Waals surface area contributed by atoms with Gasteiger partial charge in [0.25, 0.3) is 0 Å². The Bertz CT molecular complexity index is 958. The molecular formula is C19H23ClN4O3S. The Morgan fingerprint density at radius 1 is 1.18 bits per heavy atom. The molecule has 1 aliphatic rings. The van der Waals surface area contributed by atoms with E-state index in [1.165, 1.54) is 31.4 Å². The molecule has 1 heterocycles. The normalized spacial score (nSPS) is 15.4. The summed E-state index contributed by atoms with van der Waals surface area (Å²) >= 11 is 6.07. The summed E-state index contributed by atoms with van der Waals surface area (Å²) < 4.78 is 22.7. The van der Waals surface area contributed by atoms with E-state index in [-0.39, 0.29) is 28.1 Å². The highest BCUT2D eigenvalue weighted by Gasteiger charge is 2.21. The van der Waals surface area contributed by atoms with Crippen molar-refractivity contribution in [1.82, 2.24) is 9.97 Å². The Hall–Kier alpha value is -2.03. The van der Waals surface area contributed by atoms with E-state index >= 15 is 0 Å². The molecule has 1 aromatic heterocycles. The zero-order valence-corrected chi connectivity index (χ0v) is 17.2. The first kappa shape index (κ1) is 20.7. The average molecular weight is 423 g/mol. The summed E-state index contributed by atoms with van der Waals surface area (Å²) in [7, 11) is -1.79. The third-order valence-electron chi connectivity index (χ3n) is 5.07. The van der Waals surface area contributed by atoms with Gasteiger partial charge in [0.1, 0.15) is 11.5 Å². The first-order valence-corrected chi connectivity index (χ1v) is 11.1. The highest BCUT2D eigenvalue weighted by Crippen LogP contribution is 2.26. The molecule has 0 saturated heterocycles. The van der Waals surface area contributed by atoms with Crippen molar-refractivity contribution >= 4 is 33.2 Å². The molecule has 9 heteroatoms. The molecule has 0 unspecified atom stereocenters. The molecule has 28 heavy (non-hydrogen) atoms. The van der Waals surface area contributed by atoms with Crippen molar-refractivity contribution < 1.29 is 13.2 Å². The number of aromatic nitrogens is 2. The summed E-state index contributed by atoms with van der Waals surface area (Å²) in [6.45, 7) is 0. The van der Waals surface area contributed by atoms with Crippen LogP contribution in [0.15, 0.2) is 35.2 Å².